The lowest BCUT2D eigenvalue weighted by atomic mass is 10.0. The van der Waals surface area contributed by atoms with E-state index in [2.05, 4.69) is 10.6 Å². The third kappa shape index (κ3) is 5.91. The van der Waals surface area contributed by atoms with Crippen LogP contribution in [0.4, 0.5) is 0 Å². The topological polar surface area (TPSA) is 84.5 Å². The van der Waals surface area contributed by atoms with Gasteiger partial charge in [0.25, 0.3) is 5.91 Å². The Bertz CT molecular complexity index is 753. The van der Waals surface area contributed by atoms with Crippen molar-refractivity contribution in [3.05, 3.63) is 48.0 Å². The van der Waals surface area contributed by atoms with Crippen molar-refractivity contribution in [2.24, 2.45) is 0 Å². The summed E-state index contributed by atoms with van der Waals surface area (Å²) >= 11 is 0. The van der Waals surface area contributed by atoms with Crippen molar-refractivity contribution in [2.75, 3.05) is 19.7 Å². The number of hydrogen-bond donors (Lipinski definition) is 2. The summed E-state index contributed by atoms with van der Waals surface area (Å²) in [7, 11) is 0. The van der Waals surface area contributed by atoms with Gasteiger partial charge in [-0.15, -0.1) is 0 Å². The second kappa shape index (κ2) is 9.42. The number of carbonyl (C=O) groups excluding carboxylic acids is 3. The van der Waals surface area contributed by atoms with Crippen molar-refractivity contribution in [1.29, 1.82) is 0 Å². The largest absolute Gasteiger partial charge is 0.455 e. The highest BCUT2D eigenvalue weighted by Crippen LogP contribution is 2.19. The third-order valence-electron chi connectivity index (χ3n) is 3.60. The lowest BCUT2D eigenvalue weighted by molar-refractivity contribution is -0.147. The van der Waals surface area contributed by atoms with Crippen LogP contribution in [0.15, 0.2) is 42.5 Å². The summed E-state index contributed by atoms with van der Waals surface area (Å²) < 4.78 is 4.99. The van der Waals surface area contributed by atoms with Gasteiger partial charge < -0.3 is 15.4 Å². The molecular formula is C19H22N2O4. The van der Waals surface area contributed by atoms with Crippen LogP contribution in [-0.2, 0) is 25.5 Å². The Morgan fingerprint density at radius 3 is 2.52 bits per heavy atom. The number of hydrogen-bond acceptors (Lipinski definition) is 4. The van der Waals surface area contributed by atoms with Gasteiger partial charge in [0.2, 0.25) is 5.91 Å². The second-order valence-electron chi connectivity index (χ2n) is 5.60. The molecule has 2 rings (SSSR count). The molecule has 0 saturated heterocycles. The summed E-state index contributed by atoms with van der Waals surface area (Å²) in [4.78, 5) is 35.0. The molecule has 132 valence electrons. The van der Waals surface area contributed by atoms with Crippen LogP contribution in [0.25, 0.3) is 10.8 Å². The number of amides is 2. The van der Waals surface area contributed by atoms with Crippen LogP contribution in [0.1, 0.15) is 18.9 Å². The Morgan fingerprint density at radius 1 is 0.960 bits per heavy atom. The predicted octanol–water partition coefficient (Wildman–Crippen LogP) is 1.57. The molecule has 0 bridgehead atoms. The molecule has 0 unspecified atom stereocenters. The number of carbonyl (C=O) groups is 3. The van der Waals surface area contributed by atoms with E-state index >= 15 is 0 Å². The molecule has 0 aliphatic carbocycles. The number of benzene rings is 2. The van der Waals surface area contributed by atoms with Gasteiger partial charge in [-0.2, -0.15) is 0 Å². The van der Waals surface area contributed by atoms with Gasteiger partial charge in [0.05, 0.1) is 13.0 Å². The van der Waals surface area contributed by atoms with E-state index in [1.807, 2.05) is 49.4 Å². The van der Waals surface area contributed by atoms with Crippen LogP contribution < -0.4 is 10.6 Å². The predicted molar refractivity (Wildman–Crippen MR) is 94.9 cm³/mol. The fourth-order valence-electron chi connectivity index (χ4n) is 2.36. The minimum atomic E-state index is -0.502. The highest BCUT2D eigenvalue weighted by molar-refractivity contribution is 5.90. The molecule has 0 atom stereocenters. The number of ether oxygens (including phenoxy) is 1. The molecule has 0 radical (unpaired) electrons. The highest BCUT2D eigenvalue weighted by Gasteiger charge is 2.11. The monoisotopic (exact) mass is 342 g/mol. The van der Waals surface area contributed by atoms with E-state index in [1.165, 1.54) is 0 Å². The average molecular weight is 342 g/mol. The van der Waals surface area contributed by atoms with E-state index in [1.54, 1.807) is 0 Å². The van der Waals surface area contributed by atoms with Crippen LogP contribution in [0, 0.1) is 0 Å². The first-order valence-electron chi connectivity index (χ1n) is 8.25. The van der Waals surface area contributed by atoms with Gasteiger partial charge in [-0.05, 0) is 22.8 Å². The Morgan fingerprint density at radius 2 is 1.72 bits per heavy atom. The summed E-state index contributed by atoms with van der Waals surface area (Å²) in [5.41, 5.74) is 0.849. The van der Waals surface area contributed by atoms with Crippen LogP contribution in [0.5, 0.6) is 0 Å². The molecule has 0 aliphatic heterocycles. The molecule has 6 nitrogen and oxygen atoms in total. The molecule has 2 N–H and O–H groups in total. The van der Waals surface area contributed by atoms with Crippen molar-refractivity contribution >= 4 is 28.6 Å². The maximum absolute atomic E-state index is 12.0. The standard InChI is InChI=1S/C19H22N2O4/c1-2-10-20-17(22)12-21-18(23)13-25-19(24)11-15-8-5-7-14-6-3-4-9-16(14)15/h3-9H,2,10-13H2,1H3,(H,20,22)(H,21,23). The smallest absolute Gasteiger partial charge is 0.310 e. The summed E-state index contributed by atoms with van der Waals surface area (Å²) in [6.07, 6.45) is 0.914. The Labute approximate surface area is 146 Å². The average Bonchev–Trinajstić information content (AvgIpc) is 2.63. The number of rotatable bonds is 8. The van der Waals surface area contributed by atoms with E-state index in [0.717, 1.165) is 22.8 Å². The van der Waals surface area contributed by atoms with E-state index < -0.39 is 18.5 Å². The molecule has 6 heteroatoms. The van der Waals surface area contributed by atoms with Gasteiger partial charge in [-0.25, -0.2) is 0 Å². The molecule has 0 fully saturated rings. The summed E-state index contributed by atoms with van der Waals surface area (Å²) in [6.45, 7) is 1.98. The van der Waals surface area contributed by atoms with Gasteiger partial charge in [0.1, 0.15) is 0 Å². The minimum Gasteiger partial charge on any atom is -0.455 e. The normalized spacial score (nSPS) is 10.3. The van der Waals surface area contributed by atoms with E-state index in [4.69, 9.17) is 4.74 Å². The summed E-state index contributed by atoms with van der Waals surface area (Å²) in [5, 5.41) is 7.08. The SMILES string of the molecule is CCCNC(=O)CNC(=O)COC(=O)Cc1cccc2ccccc12. The van der Waals surface area contributed by atoms with Crippen LogP contribution in [0.2, 0.25) is 0 Å². The second-order valence-corrected chi connectivity index (χ2v) is 5.60. The van der Waals surface area contributed by atoms with Gasteiger partial charge in [-0.3, -0.25) is 14.4 Å². The first-order valence-corrected chi connectivity index (χ1v) is 8.25. The van der Waals surface area contributed by atoms with E-state index in [9.17, 15) is 14.4 Å². The molecule has 0 heterocycles. The molecule has 2 aromatic carbocycles. The highest BCUT2D eigenvalue weighted by atomic mass is 16.5. The third-order valence-corrected chi connectivity index (χ3v) is 3.60. The van der Waals surface area contributed by atoms with Crippen molar-refractivity contribution in [2.45, 2.75) is 19.8 Å². The molecule has 0 aromatic heterocycles. The first kappa shape index (κ1) is 18.4. The number of nitrogens with one attached hydrogen (secondary N) is 2. The molecule has 0 aliphatic rings. The van der Waals surface area contributed by atoms with Crippen LogP contribution >= 0.6 is 0 Å². The minimum absolute atomic E-state index is 0.0889. The van der Waals surface area contributed by atoms with Crippen molar-refractivity contribution in [3.8, 4) is 0 Å². The quantitative estimate of drug-likeness (QED) is 0.713. The van der Waals surface area contributed by atoms with Gasteiger partial charge in [0.15, 0.2) is 6.61 Å². The lowest BCUT2D eigenvalue weighted by Crippen LogP contribution is -2.39. The van der Waals surface area contributed by atoms with E-state index in [0.29, 0.717) is 6.54 Å². The Kier molecular flexibility index (Phi) is 6.95. The molecule has 2 amide bonds. The Hall–Kier alpha value is -2.89. The zero-order valence-electron chi connectivity index (χ0n) is 14.2. The summed E-state index contributed by atoms with van der Waals surface area (Å²) in [6, 6.07) is 13.5. The fraction of sp³-hybridized carbons (Fsp3) is 0.316. The zero-order chi connectivity index (χ0) is 18.1. The van der Waals surface area contributed by atoms with Crippen molar-refractivity contribution < 1.29 is 19.1 Å². The van der Waals surface area contributed by atoms with Crippen molar-refractivity contribution in [3.63, 3.8) is 0 Å². The van der Waals surface area contributed by atoms with E-state index in [-0.39, 0.29) is 18.9 Å². The molecule has 25 heavy (non-hydrogen) atoms. The van der Waals surface area contributed by atoms with Gasteiger partial charge in [-0.1, -0.05) is 49.4 Å². The van der Waals surface area contributed by atoms with Crippen LogP contribution in [0.3, 0.4) is 0 Å². The molecular weight excluding hydrogens is 320 g/mol. The number of fused-ring (bicyclic) bond motifs is 1. The maximum atomic E-state index is 12.0. The van der Waals surface area contributed by atoms with Gasteiger partial charge >= 0.3 is 5.97 Å². The molecule has 0 saturated carbocycles. The van der Waals surface area contributed by atoms with Crippen molar-refractivity contribution in [1.82, 2.24) is 10.6 Å². The first-order chi connectivity index (χ1) is 12.1. The molecule has 0 spiro atoms. The van der Waals surface area contributed by atoms with Crippen LogP contribution in [-0.4, -0.2) is 37.5 Å². The maximum Gasteiger partial charge on any atom is 0.310 e. The fourth-order valence-corrected chi connectivity index (χ4v) is 2.36. The lowest BCUT2D eigenvalue weighted by Gasteiger charge is -2.08. The molecule has 2 aromatic rings. The zero-order valence-corrected chi connectivity index (χ0v) is 14.2. The number of esters is 1. The van der Waals surface area contributed by atoms with Gasteiger partial charge in [0, 0.05) is 6.54 Å². The Balaban J connectivity index is 1.78. The summed E-state index contributed by atoms with van der Waals surface area (Å²) in [5.74, 6) is -1.25.